The van der Waals surface area contributed by atoms with Gasteiger partial charge in [-0.05, 0) is 23.3 Å². The van der Waals surface area contributed by atoms with E-state index in [2.05, 4.69) is 6.58 Å². The van der Waals surface area contributed by atoms with Crippen molar-refractivity contribution in [3.8, 4) is 5.75 Å². The number of carbonyl (C=O) groups is 1. The second-order valence-corrected chi connectivity index (χ2v) is 5.06. The minimum atomic E-state index is -0.364. The molecule has 4 nitrogen and oxygen atoms in total. The van der Waals surface area contributed by atoms with Crippen LogP contribution in [0.1, 0.15) is 11.1 Å². The first-order valence-corrected chi connectivity index (χ1v) is 7.42. The van der Waals surface area contributed by atoms with Gasteiger partial charge in [0.1, 0.15) is 12.4 Å². The smallest absolute Gasteiger partial charge is 0.410 e. The van der Waals surface area contributed by atoms with E-state index in [9.17, 15) is 4.79 Å². The average Bonchev–Trinajstić information content (AvgIpc) is 2.60. The Labute approximate surface area is 137 Å². The maximum absolute atomic E-state index is 12.3. The number of rotatable bonds is 7. The van der Waals surface area contributed by atoms with Gasteiger partial charge in [-0.2, -0.15) is 0 Å². The van der Waals surface area contributed by atoms with Crippen LogP contribution in [0.3, 0.4) is 0 Å². The first kappa shape index (κ1) is 16.6. The topological polar surface area (TPSA) is 38.8 Å². The first-order chi connectivity index (χ1) is 11.2. The molecular weight excluding hydrogens is 290 g/mol. The van der Waals surface area contributed by atoms with Crippen LogP contribution in [0.15, 0.2) is 67.3 Å². The molecule has 2 aromatic carbocycles. The molecule has 0 bridgehead atoms. The van der Waals surface area contributed by atoms with Gasteiger partial charge < -0.3 is 14.4 Å². The van der Waals surface area contributed by atoms with Crippen molar-refractivity contribution in [3.05, 3.63) is 78.4 Å². The molecule has 0 saturated heterocycles. The van der Waals surface area contributed by atoms with Gasteiger partial charge in [-0.1, -0.05) is 48.5 Å². The SMILES string of the molecule is C=CCN(Cc1cccc(OC)c1)C(=O)OCc1ccccc1. The maximum atomic E-state index is 12.3. The summed E-state index contributed by atoms with van der Waals surface area (Å²) in [5.41, 5.74) is 1.93. The molecule has 4 heteroatoms. The van der Waals surface area contributed by atoms with Gasteiger partial charge in [0.15, 0.2) is 0 Å². The van der Waals surface area contributed by atoms with Crippen molar-refractivity contribution in [2.24, 2.45) is 0 Å². The summed E-state index contributed by atoms with van der Waals surface area (Å²) in [6, 6.07) is 17.2. The van der Waals surface area contributed by atoms with Crippen LogP contribution in [0.5, 0.6) is 5.75 Å². The van der Waals surface area contributed by atoms with Gasteiger partial charge in [-0.25, -0.2) is 4.79 Å². The van der Waals surface area contributed by atoms with Gasteiger partial charge in [0.2, 0.25) is 0 Å². The molecule has 0 fully saturated rings. The van der Waals surface area contributed by atoms with Crippen LogP contribution >= 0.6 is 0 Å². The lowest BCUT2D eigenvalue weighted by Gasteiger charge is -2.21. The van der Waals surface area contributed by atoms with Crippen LogP contribution in [0, 0.1) is 0 Å². The van der Waals surface area contributed by atoms with Crippen LogP contribution in [0.25, 0.3) is 0 Å². The van der Waals surface area contributed by atoms with Gasteiger partial charge in [-0.3, -0.25) is 0 Å². The van der Waals surface area contributed by atoms with Crippen LogP contribution < -0.4 is 4.74 Å². The Morgan fingerprint density at radius 3 is 2.57 bits per heavy atom. The summed E-state index contributed by atoms with van der Waals surface area (Å²) in [4.78, 5) is 13.9. The van der Waals surface area contributed by atoms with Gasteiger partial charge in [0.25, 0.3) is 0 Å². The highest BCUT2D eigenvalue weighted by atomic mass is 16.6. The molecule has 0 atom stereocenters. The number of carbonyl (C=O) groups excluding carboxylic acids is 1. The lowest BCUT2D eigenvalue weighted by atomic mass is 10.2. The average molecular weight is 311 g/mol. The second kappa shape index (κ2) is 8.63. The van der Waals surface area contributed by atoms with E-state index in [1.54, 1.807) is 18.1 Å². The van der Waals surface area contributed by atoms with Crippen LogP contribution in [-0.4, -0.2) is 24.6 Å². The van der Waals surface area contributed by atoms with E-state index in [0.717, 1.165) is 16.9 Å². The number of hydrogen-bond donors (Lipinski definition) is 0. The third-order valence-electron chi connectivity index (χ3n) is 3.32. The van der Waals surface area contributed by atoms with Gasteiger partial charge >= 0.3 is 6.09 Å². The van der Waals surface area contributed by atoms with Gasteiger partial charge in [0.05, 0.1) is 7.11 Å². The zero-order valence-corrected chi connectivity index (χ0v) is 13.3. The number of benzene rings is 2. The van der Waals surface area contributed by atoms with E-state index < -0.39 is 0 Å². The highest BCUT2D eigenvalue weighted by molar-refractivity contribution is 5.68. The minimum absolute atomic E-state index is 0.255. The maximum Gasteiger partial charge on any atom is 0.410 e. The monoisotopic (exact) mass is 311 g/mol. The predicted molar refractivity (Wildman–Crippen MR) is 90.2 cm³/mol. The summed E-state index contributed by atoms with van der Waals surface area (Å²) in [7, 11) is 1.62. The lowest BCUT2D eigenvalue weighted by molar-refractivity contribution is 0.0978. The molecule has 0 heterocycles. The molecule has 23 heavy (non-hydrogen) atoms. The molecule has 120 valence electrons. The van der Waals surface area contributed by atoms with Crippen LogP contribution in [0.4, 0.5) is 4.79 Å². The van der Waals surface area contributed by atoms with Crippen LogP contribution in [-0.2, 0) is 17.9 Å². The molecule has 0 spiro atoms. The third-order valence-corrected chi connectivity index (χ3v) is 3.32. The van der Waals surface area contributed by atoms with Crippen molar-refractivity contribution in [2.75, 3.05) is 13.7 Å². The lowest BCUT2D eigenvalue weighted by Crippen LogP contribution is -2.31. The van der Waals surface area contributed by atoms with Crippen molar-refractivity contribution in [2.45, 2.75) is 13.2 Å². The predicted octanol–water partition coefficient (Wildman–Crippen LogP) is 4.02. The molecule has 0 aromatic heterocycles. The molecular formula is C19H21NO3. The largest absolute Gasteiger partial charge is 0.497 e. The Balaban J connectivity index is 1.98. The number of methoxy groups -OCH3 is 1. The molecule has 1 amide bonds. The summed E-state index contributed by atoms with van der Waals surface area (Å²) >= 11 is 0. The van der Waals surface area contributed by atoms with Crippen molar-refractivity contribution in [3.63, 3.8) is 0 Å². The molecule has 0 radical (unpaired) electrons. The second-order valence-electron chi connectivity index (χ2n) is 5.06. The Morgan fingerprint density at radius 2 is 1.87 bits per heavy atom. The summed E-state index contributed by atoms with van der Waals surface area (Å²) in [6.07, 6.45) is 1.32. The number of nitrogens with zero attached hydrogens (tertiary/aromatic N) is 1. The highest BCUT2D eigenvalue weighted by Gasteiger charge is 2.14. The van der Waals surface area contributed by atoms with E-state index in [0.29, 0.717) is 13.1 Å². The zero-order chi connectivity index (χ0) is 16.5. The number of hydrogen-bond acceptors (Lipinski definition) is 3. The number of amides is 1. The molecule has 0 aliphatic carbocycles. The zero-order valence-electron chi connectivity index (χ0n) is 13.3. The van der Waals surface area contributed by atoms with E-state index in [-0.39, 0.29) is 12.7 Å². The van der Waals surface area contributed by atoms with E-state index >= 15 is 0 Å². The van der Waals surface area contributed by atoms with E-state index in [1.807, 2.05) is 54.6 Å². The summed E-state index contributed by atoms with van der Waals surface area (Å²) < 4.78 is 10.6. The fraction of sp³-hybridized carbons (Fsp3) is 0.211. The Kier molecular flexibility index (Phi) is 6.24. The molecule has 0 aliphatic rings. The molecule has 2 rings (SSSR count). The molecule has 0 saturated carbocycles. The summed E-state index contributed by atoms with van der Waals surface area (Å²) in [5, 5.41) is 0. The van der Waals surface area contributed by atoms with E-state index in [1.165, 1.54) is 0 Å². The summed E-state index contributed by atoms with van der Waals surface area (Å²) in [5.74, 6) is 0.763. The van der Waals surface area contributed by atoms with Crippen LogP contribution in [0.2, 0.25) is 0 Å². The van der Waals surface area contributed by atoms with Crippen molar-refractivity contribution < 1.29 is 14.3 Å². The summed E-state index contributed by atoms with van der Waals surface area (Å²) in [6.45, 7) is 4.82. The van der Waals surface area contributed by atoms with Gasteiger partial charge in [0, 0.05) is 13.1 Å². The van der Waals surface area contributed by atoms with Crippen molar-refractivity contribution in [1.82, 2.24) is 4.90 Å². The quantitative estimate of drug-likeness (QED) is 0.725. The normalized spacial score (nSPS) is 9.96. The first-order valence-electron chi connectivity index (χ1n) is 7.42. The van der Waals surface area contributed by atoms with Crippen molar-refractivity contribution in [1.29, 1.82) is 0 Å². The number of ether oxygens (including phenoxy) is 2. The van der Waals surface area contributed by atoms with Gasteiger partial charge in [-0.15, -0.1) is 6.58 Å². The standard InChI is InChI=1S/C19H21NO3/c1-3-12-20(14-17-10-7-11-18(13-17)22-2)19(21)23-15-16-8-5-4-6-9-16/h3-11,13H,1,12,14-15H2,2H3. The third kappa shape index (κ3) is 5.18. The Morgan fingerprint density at radius 1 is 1.13 bits per heavy atom. The highest BCUT2D eigenvalue weighted by Crippen LogP contribution is 2.15. The molecule has 0 unspecified atom stereocenters. The fourth-order valence-electron chi connectivity index (χ4n) is 2.16. The molecule has 0 aliphatic heterocycles. The molecule has 0 N–H and O–H groups in total. The Bertz CT molecular complexity index is 640. The Hall–Kier alpha value is -2.75. The molecule has 2 aromatic rings. The fourth-order valence-corrected chi connectivity index (χ4v) is 2.16. The van der Waals surface area contributed by atoms with E-state index in [4.69, 9.17) is 9.47 Å². The van der Waals surface area contributed by atoms with Crippen molar-refractivity contribution >= 4 is 6.09 Å². The minimum Gasteiger partial charge on any atom is -0.497 e.